The lowest BCUT2D eigenvalue weighted by Crippen LogP contribution is -1.76. The molecule has 80 valence electrons. The first kappa shape index (κ1) is 13.2. The Balaban J connectivity index is 3.07. The molecule has 0 aromatic rings. The highest BCUT2D eigenvalue weighted by molar-refractivity contribution is 5.48. The highest BCUT2D eigenvalue weighted by Crippen LogP contribution is 2.02. The van der Waals surface area contributed by atoms with E-state index in [0.29, 0.717) is 0 Å². The third kappa shape index (κ3) is 11.2. The summed E-state index contributed by atoms with van der Waals surface area (Å²) < 4.78 is 0. The molecule has 0 spiro atoms. The molecule has 0 aromatic heterocycles. The van der Waals surface area contributed by atoms with E-state index in [0.717, 1.165) is 32.0 Å². The third-order valence-corrected chi connectivity index (χ3v) is 2.09. The quantitative estimate of drug-likeness (QED) is 0.307. The van der Waals surface area contributed by atoms with Crippen LogP contribution < -0.4 is 0 Å². The largest absolute Gasteiger partial charge is 0.303 e. The van der Waals surface area contributed by atoms with Gasteiger partial charge >= 0.3 is 0 Å². The summed E-state index contributed by atoms with van der Waals surface area (Å²) in [4.78, 5) is 10.0. The van der Waals surface area contributed by atoms with Crippen LogP contribution >= 0.6 is 0 Å². The van der Waals surface area contributed by atoms with Crippen molar-refractivity contribution >= 4 is 6.29 Å². The van der Waals surface area contributed by atoms with Crippen LogP contribution in [0.1, 0.15) is 51.9 Å². The SMILES string of the molecule is CC=CCCCC=CCCCCC=O. The molecule has 0 radical (unpaired) electrons. The minimum atomic E-state index is 0.717. The number of hydrogen-bond acceptors (Lipinski definition) is 1. The molecule has 0 saturated carbocycles. The summed E-state index contributed by atoms with van der Waals surface area (Å²) in [7, 11) is 0. The molecule has 1 heteroatoms. The van der Waals surface area contributed by atoms with E-state index in [1.807, 2.05) is 0 Å². The zero-order chi connectivity index (χ0) is 10.5. The average molecular weight is 194 g/mol. The van der Waals surface area contributed by atoms with Crippen LogP contribution in [-0.4, -0.2) is 6.29 Å². The molecule has 0 amide bonds. The molecular weight excluding hydrogens is 172 g/mol. The summed E-state index contributed by atoms with van der Waals surface area (Å²) in [5.74, 6) is 0. The number of carbonyl (C=O) groups excluding carboxylic acids is 1. The summed E-state index contributed by atoms with van der Waals surface area (Å²) >= 11 is 0. The van der Waals surface area contributed by atoms with Crippen LogP contribution in [0, 0.1) is 0 Å². The summed E-state index contributed by atoms with van der Waals surface area (Å²) in [5, 5.41) is 0. The van der Waals surface area contributed by atoms with Gasteiger partial charge in [-0.25, -0.2) is 0 Å². The monoisotopic (exact) mass is 194 g/mol. The molecule has 0 aromatic carbocycles. The van der Waals surface area contributed by atoms with Gasteiger partial charge in [0.2, 0.25) is 0 Å². The molecule has 0 aliphatic carbocycles. The molecular formula is C13H22O. The number of carbonyl (C=O) groups is 1. The van der Waals surface area contributed by atoms with Crippen molar-refractivity contribution in [1.82, 2.24) is 0 Å². The normalized spacial score (nSPS) is 11.5. The van der Waals surface area contributed by atoms with Gasteiger partial charge in [-0.3, -0.25) is 0 Å². The topological polar surface area (TPSA) is 17.1 Å². The number of rotatable bonds is 9. The lowest BCUT2D eigenvalue weighted by Gasteiger charge is -1.92. The fourth-order valence-corrected chi connectivity index (χ4v) is 1.25. The van der Waals surface area contributed by atoms with E-state index < -0.39 is 0 Å². The molecule has 0 saturated heterocycles. The van der Waals surface area contributed by atoms with E-state index in [1.165, 1.54) is 19.3 Å². The van der Waals surface area contributed by atoms with Gasteiger partial charge in [-0.1, -0.05) is 24.3 Å². The first-order chi connectivity index (χ1) is 6.91. The molecule has 0 fully saturated rings. The Morgan fingerprint density at radius 1 is 0.786 bits per heavy atom. The number of unbranched alkanes of at least 4 members (excludes halogenated alkanes) is 5. The highest BCUT2D eigenvalue weighted by Gasteiger charge is 1.84. The van der Waals surface area contributed by atoms with Crippen molar-refractivity contribution in [3.8, 4) is 0 Å². The van der Waals surface area contributed by atoms with Crippen LogP contribution in [0.2, 0.25) is 0 Å². The van der Waals surface area contributed by atoms with Gasteiger partial charge in [0.25, 0.3) is 0 Å². The first-order valence-corrected chi connectivity index (χ1v) is 5.61. The van der Waals surface area contributed by atoms with Crippen LogP contribution in [0.25, 0.3) is 0 Å². The molecule has 0 aliphatic rings. The Bertz CT molecular complexity index is 168. The molecule has 1 nitrogen and oxygen atoms in total. The maximum Gasteiger partial charge on any atom is 0.119 e. The van der Waals surface area contributed by atoms with Crippen LogP contribution in [-0.2, 0) is 4.79 Å². The van der Waals surface area contributed by atoms with Gasteiger partial charge in [0, 0.05) is 6.42 Å². The van der Waals surface area contributed by atoms with Crippen molar-refractivity contribution in [2.24, 2.45) is 0 Å². The molecule has 0 heterocycles. The molecule has 14 heavy (non-hydrogen) atoms. The zero-order valence-corrected chi connectivity index (χ0v) is 9.24. The van der Waals surface area contributed by atoms with Gasteiger partial charge in [-0.05, 0) is 45.4 Å². The fraction of sp³-hybridized carbons (Fsp3) is 0.615. The van der Waals surface area contributed by atoms with Crippen molar-refractivity contribution in [3.63, 3.8) is 0 Å². The second-order valence-electron chi connectivity index (χ2n) is 3.42. The number of hydrogen-bond donors (Lipinski definition) is 0. The first-order valence-electron chi connectivity index (χ1n) is 5.61. The predicted octanol–water partition coefficient (Wildman–Crippen LogP) is 4.05. The molecule has 0 N–H and O–H groups in total. The standard InChI is InChI=1S/C13H22O/c1-2-3-4-5-6-7-8-9-10-11-12-13-14/h2-3,7-8,13H,4-6,9-12H2,1H3. The molecule has 0 rings (SSSR count). The number of aldehydes is 1. The summed E-state index contributed by atoms with van der Waals surface area (Å²) in [6.07, 6.45) is 17.4. The Kier molecular flexibility index (Phi) is 11.4. The van der Waals surface area contributed by atoms with E-state index in [-0.39, 0.29) is 0 Å². The Labute approximate surface area is 87.9 Å². The van der Waals surface area contributed by atoms with E-state index in [4.69, 9.17) is 0 Å². The Morgan fingerprint density at radius 3 is 2.00 bits per heavy atom. The Hall–Kier alpha value is -0.850. The van der Waals surface area contributed by atoms with Gasteiger partial charge in [0.1, 0.15) is 6.29 Å². The van der Waals surface area contributed by atoms with Crippen molar-refractivity contribution < 1.29 is 4.79 Å². The van der Waals surface area contributed by atoms with Gasteiger partial charge in [-0.15, -0.1) is 0 Å². The van der Waals surface area contributed by atoms with Crippen LogP contribution in [0.15, 0.2) is 24.3 Å². The summed E-state index contributed by atoms with van der Waals surface area (Å²) in [5.41, 5.74) is 0. The Morgan fingerprint density at radius 2 is 1.36 bits per heavy atom. The maximum absolute atomic E-state index is 10.0. The minimum absolute atomic E-state index is 0.717. The van der Waals surface area contributed by atoms with Gasteiger partial charge in [0.15, 0.2) is 0 Å². The predicted molar refractivity (Wildman–Crippen MR) is 62.3 cm³/mol. The van der Waals surface area contributed by atoms with Crippen molar-refractivity contribution in [2.75, 3.05) is 0 Å². The van der Waals surface area contributed by atoms with E-state index in [1.54, 1.807) is 0 Å². The van der Waals surface area contributed by atoms with Gasteiger partial charge < -0.3 is 4.79 Å². The van der Waals surface area contributed by atoms with E-state index >= 15 is 0 Å². The van der Waals surface area contributed by atoms with Crippen LogP contribution in [0.3, 0.4) is 0 Å². The lowest BCUT2D eigenvalue weighted by atomic mass is 10.1. The molecule has 0 aliphatic heterocycles. The maximum atomic E-state index is 10.0. The molecule has 0 unspecified atom stereocenters. The average Bonchev–Trinajstić information content (AvgIpc) is 2.21. The third-order valence-electron chi connectivity index (χ3n) is 2.09. The lowest BCUT2D eigenvalue weighted by molar-refractivity contribution is -0.107. The zero-order valence-electron chi connectivity index (χ0n) is 9.24. The highest BCUT2D eigenvalue weighted by atomic mass is 16.1. The van der Waals surface area contributed by atoms with Crippen LogP contribution in [0.5, 0.6) is 0 Å². The van der Waals surface area contributed by atoms with Crippen LogP contribution in [0.4, 0.5) is 0 Å². The van der Waals surface area contributed by atoms with Gasteiger partial charge in [-0.2, -0.15) is 0 Å². The summed E-state index contributed by atoms with van der Waals surface area (Å²) in [6.45, 7) is 2.06. The second-order valence-corrected chi connectivity index (χ2v) is 3.42. The molecule has 0 atom stereocenters. The van der Waals surface area contributed by atoms with E-state index in [9.17, 15) is 4.79 Å². The van der Waals surface area contributed by atoms with E-state index in [2.05, 4.69) is 31.2 Å². The van der Waals surface area contributed by atoms with Crippen molar-refractivity contribution in [1.29, 1.82) is 0 Å². The smallest absolute Gasteiger partial charge is 0.119 e. The molecule has 0 bridgehead atoms. The summed E-state index contributed by atoms with van der Waals surface area (Å²) in [6, 6.07) is 0. The van der Waals surface area contributed by atoms with Crippen molar-refractivity contribution in [3.05, 3.63) is 24.3 Å². The van der Waals surface area contributed by atoms with Gasteiger partial charge in [0.05, 0.1) is 0 Å². The minimum Gasteiger partial charge on any atom is -0.303 e. The second kappa shape index (κ2) is 12.2. The fourth-order valence-electron chi connectivity index (χ4n) is 1.25. The van der Waals surface area contributed by atoms with Crippen molar-refractivity contribution in [2.45, 2.75) is 51.9 Å². The number of allylic oxidation sites excluding steroid dienone is 4.